The van der Waals surface area contributed by atoms with Gasteiger partial charge in [-0.2, -0.15) is 5.26 Å². The molecule has 0 fully saturated rings. The lowest BCUT2D eigenvalue weighted by atomic mass is 9.86. The molecule has 22 heavy (non-hydrogen) atoms. The van der Waals surface area contributed by atoms with Gasteiger partial charge in [-0.05, 0) is 39.1 Å². The van der Waals surface area contributed by atoms with Gasteiger partial charge < -0.3 is 15.2 Å². The van der Waals surface area contributed by atoms with Crippen molar-refractivity contribution >= 4 is 17.3 Å². The van der Waals surface area contributed by atoms with Gasteiger partial charge in [0.05, 0.1) is 11.5 Å². The van der Waals surface area contributed by atoms with Crippen LogP contribution in [0.5, 0.6) is 0 Å². The summed E-state index contributed by atoms with van der Waals surface area (Å²) in [5, 5.41) is 23.9. The number of aliphatic hydroxyl groups excluding tert-OH is 1. The number of carbonyl (C=O) groups is 1. The zero-order valence-corrected chi connectivity index (χ0v) is 13.7. The van der Waals surface area contributed by atoms with Gasteiger partial charge >= 0.3 is 5.97 Å². The first-order valence-corrected chi connectivity index (χ1v) is 7.70. The molecule has 1 aromatic rings. The molecular formula is C16H18N2O3S. The summed E-state index contributed by atoms with van der Waals surface area (Å²) in [5.74, 6) is -1.32. The van der Waals surface area contributed by atoms with Crippen molar-refractivity contribution in [1.82, 2.24) is 5.32 Å². The molecule has 2 rings (SSSR count). The van der Waals surface area contributed by atoms with E-state index in [0.717, 1.165) is 4.88 Å². The molecule has 0 amide bonds. The van der Waals surface area contributed by atoms with Crippen LogP contribution in [-0.4, -0.2) is 16.7 Å². The Balaban J connectivity index is 2.52. The molecule has 1 atom stereocenters. The molecule has 116 valence electrons. The monoisotopic (exact) mass is 318 g/mol. The summed E-state index contributed by atoms with van der Waals surface area (Å²) >= 11 is 1.43. The summed E-state index contributed by atoms with van der Waals surface area (Å²) in [5.41, 5.74) is 0.324. The average molecular weight is 318 g/mol. The number of aliphatic hydroxyl groups is 1. The number of hydrogen-bond donors (Lipinski definition) is 2. The van der Waals surface area contributed by atoms with Crippen molar-refractivity contribution in [2.24, 2.45) is 0 Å². The Labute approximate surface area is 133 Å². The molecule has 2 heterocycles. The van der Waals surface area contributed by atoms with Gasteiger partial charge in [-0.15, -0.1) is 11.3 Å². The normalized spacial score (nSPS) is 18.8. The Hall–Kier alpha value is -2.26. The lowest BCUT2D eigenvalue weighted by molar-refractivity contribution is -0.150. The van der Waals surface area contributed by atoms with E-state index in [-0.39, 0.29) is 11.5 Å². The molecular weight excluding hydrogens is 300 g/mol. The van der Waals surface area contributed by atoms with Crippen LogP contribution in [0.4, 0.5) is 0 Å². The lowest BCUT2D eigenvalue weighted by Gasteiger charge is -2.28. The first-order chi connectivity index (χ1) is 10.2. The van der Waals surface area contributed by atoms with Gasteiger partial charge in [-0.1, -0.05) is 6.07 Å². The van der Waals surface area contributed by atoms with Gasteiger partial charge in [-0.25, -0.2) is 4.79 Å². The van der Waals surface area contributed by atoms with Crippen molar-refractivity contribution in [3.05, 3.63) is 45.1 Å². The molecule has 5 nitrogen and oxygen atoms in total. The SMILES string of the molecule is CC1=C(C(=O)OC(C)(C)C)[C@@H](c2cccs2)C(C#N)=C(O)N1. The topological polar surface area (TPSA) is 82.4 Å². The van der Waals surface area contributed by atoms with Gasteiger partial charge in [0.15, 0.2) is 0 Å². The smallest absolute Gasteiger partial charge is 0.337 e. The predicted molar refractivity (Wildman–Crippen MR) is 84.0 cm³/mol. The Bertz CT molecular complexity index is 688. The summed E-state index contributed by atoms with van der Waals surface area (Å²) in [6.07, 6.45) is 0. The van der Waals surface area contributed by atoms with Crippen LogP contribution in [0.25, 0.3) is 0 Å². The highest BCUT2D eigenvalue weighted by atomic mass is 32.1. The van der Waals surface area contributed by atoms with Crippen LogP contribution in [0.15, 0.2) is 40.2 Å². The summed E-state index contributed by atoms with van der Waals surface area (Å²) in [6, 6.07) is 5.67. The molecule has 0 bridgehead atoms. The fraction of sp³-hybridized carbons (Fsp3) is 0.375. The van der Waals surface area contributed by atoms with Crippen molar-refractivity contribution in [2.45, 2.75) is 39.2 Å². The van der Waals surface area contributed by atoms with Crippen molar-refractivity contribution in [1.29, 1.82) is 5.26 Å². The zero-order chi connectivity index (χ0) is 16.5. The van der Waals surface area contributed by atoms with E-state index in [1.807, 2.05) is 23.6 Å². The number of esters is 1. The number of rotatable bonds is 2. The molecule has 2 N–H and O–H groups in total. The quantitative estimate of drug-likeness (QED) is 0.817. The van der Waals surface area contributed by atoms with Crippen LogP contribution in [0.2, 0.25) is 0 Å². The Kier molecular flexibility index (Phi) is 4.29. The second-order valence-electron chi connectivity index (χ2n) is 5.99. The van der Waals surface area contributed by atoms with Crippen molar-refractivity contribution in [3.63, 3.8) is 0 Å². The van der Waals surface area contributed by atoms with E-state index in [1.54, 1.807) is 27.7 Å². The van der Waals surface area contributed by atoms with E-state index in [9.17, 15) is 15.2 Å². The number of allylic oxidation sites excluding steroid dienone is 2. The lowest BCUT2D eigenvalue weighted by Crippen LogP contribution is -2.32. The minimum Gasteiger partial charge on any atom is -0.494 e. The van der Waals surface area contributed by atoms with Crippen LogP contribution >= 0.6 is 11.3 Å². The van der Waals surface area contributed by atoms with E-state index in [2.05, 4.69) is 5.32 Å². The number of nitrogens with zero attached hydrogens (tertiary/aromatic N) is 1. The average Bonchev–Trinajstić information content (AvgIpc) is 2.88. The van der Waals surface area contributed by atoms with Crippen molar-refractivity contribution in [3.8, 4) is 6.07 Å². The molecule has 0 radical (unpaired) electrons. The number of hydrogen-bond acceptors (Lipinski definition) is 6. The van der Waals surface area contributed by atoms with Crippen LogP contribution in [0.3, 0.4) is 0 Å². The molecule has 0 aromatic carbocycles. The Morgan fingerprint density at radius 1 is 1.50 bits per heavy atom. The van der Waals surface area contributed by atoms with Crippen molar-refractivity contribution in [2.75, 3.05) is 0 Å². The van der Waals surface area contributed by atoms with E-state index in [0.29, 0.717) is 11.3 Å². The number of dihydropyridines is 1. The van der Waals surface area contributed by atoms with Crippen LogP contribution < -0.4 is 5.32 Å². The molecule has 0 saturated heterocycles. The highest BCUT2D eigenvalue weighted by molar-refractivity contribution is 7.10. The third-order valence-corrected chi connectivity index (χ3v) is 4.05. The summed E-state index contributed by atoms with van der Waals surface area (Å²) < 4.78 is 5.46. The van der Waals surface area contributed by atoms with Gasteiger partial charge in [0.1, 0.15) is 17.2 Å². The van der Waals surface area contributed by atoms with E-state index in [4.69, 9.17) is 4.74 Å². The van der Waals surface area contributed by atoms with Crippen molar-refractivity contribution < 1.29 is 14.6 Å². The standard InChI is InChI=1S/C16H18N2O3S/c1-9-12(15(20)21-16(2,3)4)13(11-6-5-7-22-11)10(8-17)14(19)18-9/h5-7,13,18-19H,1-4H3/t13-/m1/s1. The van der Waals surface area contributed by atoms with E-state index >= 15 is 0 Å². The third-order valence-electron chi connectivity index (χ3n) is 3.11. The minimum absolute atomic E-state index is 0.119. The summed E-state index contributed by atoms with van der Waals surface area (Å²) in [6.45, 7) is 7.05. The van der Waals surface area contributed by atoms with Gasteiger partial charge in [0.25, 0.3) is 0 Å². The van der Waals surface area contributed by atoms with E-state index < -0.39 is 17.5 Å². The molecule has 0 saturated carbocycles. The third kappa shape index (κ3) is 3.15. The summed E-state index contributed by atoms with van der Waals surface area (Å²) in [4.78, 5) is 13.4. The van der Waals surface area contributed by atoms with Gasteiger partial charge in [0, 0.05) is 10.6 Å². The van der Waals surface area contributed by atoms with Crippen LogP contribution in [0.1, 0.15) is 38.5 Å². The second kappa shape index (κ2) is 5.85. The molecule has 0 unspecified atom stereocenters. The van der Waals surface area contributed by atoms with Gasteiger partial charge in [-0.3, -0.25) is 0 Å². The first-order valence-electron chi connectivity index (χ1n) is 6.82. The number of nitriles is 1. The molecule has 1 aliphatic heterocycles. The van der Waals surface area contributed by atoms with Gasteiger partial charge in [0.2, 0.25) is 5.88 Å². The maximum Gasteiger partial charge on any atom is 0.337 e. The minimum atomic E-state index is -0.639. The van der Waals surface area contributed by atoms with Crippen LogP contribution in [-0.2, 0) is 9.53 Å². The highest BCUT2D eigenvalue weighted by Gasteiger charge is 2.37. The largest absolute Gasteiger partial charge is 0.494 e. The molecule has 1 aromatic heterocycles. The molecule has 0 aliphatic carbocycles. The maximum absolute atomic E-state index is 12.6. The first kappa shape index (κ1) is 16.1. The van der Waals surface area contributed by atoms with Crippen LogP contribution in [0, 0.1) is 11.3 Å². The number of nitrogens with one attached hydrogen (secondary N) is 1. The maximum atomic E-state index is 12.6. The fourth-order valence-corrected chi connectivity index (χ4v) is 3.11. The molecule has 6 heteroatoms. The fourth-order valence-electron chi connectivity index (χ4n) is 2.27. The number of ether oxygens (including phenoxy) is 1. The Morgan fingerprint density at radius 3 is 2.68 bits per heavy atom. The highest BCUT2D eigenvalue weighted by Crippen LogP contribution is 2.40. The number of thiophene rings is 1. The van der Waals surface area contributed by atoms with E-state index in [1.165, 1.54) is 11.3 Å². The number of carbonyl (C=O) groups excluding carboxylic acids is 1. The second-order valence-corrected chi connectivity index (χ2v) is 6.97. The predicted octanol–water partition coefficient (Wildman–Crippen LogP) is 3.34. The Morgan fingerprint density at radius 2 is 2.18 bits per heavy atom. The summed E-state index contributed by atoms with van der Waals surface area (Å²) in [7, 11) is 0. The molecule has 1 aliphatic rings. The molecule has 0 spiro atoms. The zero-order valence-electron chi connectivity index (χ0n) is 12.9.